The van der Waals surface area contributed by atoms with Crippen LogP contribution in [0.2, 0.25) is 0 Å². The van der Waals surface area contributed by atoms with Crippen molar-refractivity contribution in [3.8, 4) is 0 Å². The third-order valence-corrected chi connectivity index (χ3v) is 2.34. The second-order valence-corrected chi connectivity index (χ2v) is 3.64. The number of hydrogen-bond donors (Lipinski definition) is 1. The predicted molar refractivity (Wildman–Crippen MR) is 57.1 cm³/mol. The topological polar surface area (TPSA) is 25.2 Å². The van der Waals surface area contributed by atoms with Crippen molar-refractivity contribution in [3.63, 3.8) is 0 Å². The van der Waals surface area contributed by atoms with Gasteiger partial charge in [-0.2, -0.15) is 0 Å². The summed E-state index contributed by atoms with van der Waals surface area (Å²) in [5.74, 6) is -3.30. The number of nitrogens with one attached hydrogen (secondary N) is 1. The summed E-state index contributed by atoms with van der Waals surface area (Å²) >= 11 is 0. The van der Waals surface area contributed by atoms with Crippen LogP contribution in [-0.2, 0) is 0 Å². The molecule has 2 aromatic rings. The zero-order valence-corrected chi connectivity index (χ0v) is 9.01. The van der Waals surface area contributed by atoms with Crippen LogP contribution in [0.4, 0.5) is 18.9 Å². The Labute approximate surface area is 96.1 Å². The highest BCUT2D eigenvalue weighted by Gasteiger charge is 2.13. The number of furan rings is 1. The molecule has 1 atom stereocenters. The van der Waals surface area contributed by atoms with Crippen LogP contribution in [0.3, 0.4) is 0 Å². The van der Waals surface area contributed by atoms with Crippen molar-refractivity contribution < 1.29 is 17.6 Å². The Hall–Kier alpha value is -1.91. The SMILES string of the molecule is CC(Nc1cc(F)c(F)c(F)c1)c1ccco1. The quantitative estimate of drug-likeness (QED) is 0.825. The Balaban J connectivity index is 2.19. The number of rotatable bonds is 3. The van der Waals surface area contributed by atoms with E-state index in [2.05, 4.69) is 5.32 Å². The van der Waals surface area contributed by atoms with Crippen molar-refractivity contribution in [2.24, 2.45) is 0 Å². The monoisotopic (exact) mass is 241 g/mol. The summed E-state index contributed by atoms with van der Waals surface area (Å²) in [6.07, 6.45) is 1.50. The molecule has 0 aliphatic carbocycles. The lowest BCUT2D eigenvalue weighted by molar-refractivity contribution is 0.447. The van der Waals surface area contributed by atoms with Gasteiger partial charge in [0, 0.05) is 17.8 Å². The largest absolute Gasteiger partial charge is 0.467 e. The van der Waals surface area contributed by atoms with E-state index < -0.39 is 17.5 Å². The van der Waals surface area contributed by atoms with Gasteiger partial charge in [-0.25, -0.2) is 13.2 Å². The minimum Gasteiger partial charge on any atom is -0.467 e. The van der Waals surface area contributed by atoms with E-state index >= 15 is 0 Å². The standard InChI is InChI=1S/C12H10F3NO/c1-7(11-3-2-4-17-11)16-8-5-9(13)12(15)10(14)6-8/h2-7,16H,1H3. The summed E-state index contributed by atoms with van der Waals surface area (Å²) in [5, 5.41) is 2.81. The Bertz CT molecular complexity index is 487. The molecule has 0 saturated heterocycles. The van der Waals surface area contributed by atoms with Crippen LogP contribution >= 0.6 is 0 Å². The fourth-order valence-corrected chi connectivity index (χ4v) is 1.50. The van der Waals surface area contributed by atoms with Crippen LogP contribution in [0.5, 0.6) is 0 Å². The van der Waals surface area contributed by atoms with Gasteiger partial charge >= 0.3 is 0 Å². The normalized spacial score (nSPS) is 12.5. The lowest BCUT2D eigenvalue weighted by atomic mass is 10.2. The van der Waals surface area contributed by atoms with Gasteiger partial charge in [0.2, 0.25) is 0 Å². The summed E-state index contributed by atoms with van der Waals surface area (Å²) in [7, 11) is 0. The van der Waals surface area contributed by atoms with E-state index in [0.717, 1.165) is 12.1 Å². The maximum atomic E-state index is 13.0. The maximum absolute atomic E-state index is 13.0. The van der Waals surface area contributed by atoms with E-state index in [1.54, 1.807) is 19.1 Å². The highest BCUT2D eigenvalue weighted by atomic mass is 19.2. The van der Waals surface area contributed by atoms with Gasteiger partial charge < -0.3 is 9.73 Å². The Morgan fingerprint density at radius 3 is 2.35 bits per heavy atom. The third kappa shape index (κ3) is 2.43. The van der Waals surface area contributed by atoms with Crippen molar-refractivity contribution >= 4 is 5.69 Å². The van der Waals surface area contributed by atoms with E-state index in [-0.39, 0.29) is 11.7 Å². The van der Waals surface area contributed by atoms with Crippen LogP contribution in [0.15, 0.2) is 34.9 Å². The zero-order valence-electron chi connectivity index (χ0n) is 9.01. The Morgan fingerprint density at radius 2 is 1.82 bits per heavy atom. The first kappa shape index (κ1) is 11.6. The highest BCUT2D eigenvalue weighted by Crippen LogP contribution is 2.22. The Kier molecular flexibility index (Phi) is 3.08. The first-order valence-electron chi connectivity index (χ1n) is 5.02. The molecule has 0 amide bonds. The summed E-state index contributed by atoms with van der Waals surface area (Å²) < 4.78 is 43.8. The first-order chi connectivity index (χ1) is 8.08. The van der Waals surface area contributed by atoms with Gasteiger partial charge in [0.1, 0.15) is 5.76 Å². The molecule has 1 heterocycles. The molecule has 17 heavy (non-hydrogen) atoms. The van der Waals surface area contributed by atoms with Crippen LogP contribution in [-0.4, -0.2) is 0 Å². The third-order valence-electron chi connectivity index (χ3n) is 2.34. The number of anilines is 1. The van der Waals surface area contributed by atoms with Gasteiger partial charge in [0.25, 0.3) is 0 Å². The molecule has 1 aromatic heterocycles. The molecular formula is C12H10F3NO. The van der Waals surface area contributed by atoms with Crippen LogP contribution in [0.1, 0.15) is 18.7 Å². The number of halogens is 3. The molecule has 0 aliphatic heterocycles. The molecule has 0 aliphatic rings. The van der Waals surface area contributed by atoms with E-state index in [4.69, 9.17) is 4.42 Å². The molecule has 0 saturated carbocycles. The maximum Gasteiger partial charge on any atom is 0.194 e. The van der Waals surface area contributed by atoms with Gasteiger partial charge in [-0.3, -0.25) is 0 Å². The second kappa shape index (κ2) is 4.53. The highest BCUT2D eigenvalue weighted by molar-refractivity contribution is 5.45. The van der Waals surface area contributed by atoms with Crippen LogP contribution in [0, 0.1) is 17.5 Å². The van der Waals surface area contributed by atoms with Gasteiger partial charge in [0.05, 0.1) is 12.3 Å². The molecule has 2 rings (SSSR count). The molecule has 2 nitrogen and oxygen atoms in total. The smallest absolute Gasteiger partial charge is 0.194 e. The lowest BCUT2D eigenvalue weighted by Crippen LogP contribution is -2.06. The summed E-state index contributed by atoms with van der Waals surface area (Å²) in [4.78, 5) is 0. The fraction of sp³-hybridized carbons (Fsp3) is 0.167. The lowest BCUT2D eigenvalue weighted by Gasteiger charge is -2.13. The van der Waals surface area contributed by atoms with E-state index in [0.29, 0.717) is 5.76 Å². The van der Waals surface area contributed by atoms with Crippen molar-refractivity contribution in [2.75, 3.05) is 5.32 Å². The summed E-state index contributed by atoms with van der Waals surface area (Å²) in [6.45, 7) is 1.76. The molecule has 1 unspecified atom stereocenters. The number of benzene rings is 1. The molecule has 0 spiro atoms. The first-order valence-corrected chi connectivity index (χ1v) is 5.02. The average Bonchev–Trinajstić information content (AvgIpc) is 2.79. The molecule has 0 fully saturated rings. The molecule has 5 heteroatoms. The van der Waals surface area contributed by atoms with Gasteiger partial charge in [-0.15, -0.1) is 0 Å². The molecule has 1 N–H and O–H groups in total. The van der Waals surface area contributed by atoms with E-state index in [1.807, 2.05) is 0 Å². The fourth-order valence-electron chi connectivity index (χ4n) is 1.50. The van der Waals surface area contributed by atoms with E-state index in [9.17, 15) is 13.2 Å². The molecule has 90 valence electrons. The summed E-state index contributed by atoms with van der Waals surface area (Å²) in [5.41, 5.74) is 0.158. The number of hydrogen-bond acceptors (Lipinski definition) is 2. The molecular weight excluding hydrogens is 231 g/mol. The second-order valence-electron chi connectivity index (χ2n) is 3.64. The van der Waals surface area contributed by atoms with E-state index in [1.165, 1.54) is 6.26 Å². The van der Waals surface area contributed by atoms with Gasteiger partial charge in [0.15, 0.2) is 17.5 Å². The molecule has 0 bridgehead atoms. The molecule has 0 radical (unpaired) electrons. The summed E-state index contributed by atoms with van der Waals surface area (Å²) in [6, 6.07) is 4.97. The van der Waals surface area contributed by atoms with Crippen molar-refractivity contribution in [1.82, 2.24) is 0 Å². The minimum absolute atomic E-state index is 0.158. The molecule has 1 aromatic carbocycles. The van der Waals surface area contributed by atoms with Crippen molar-refractivity contribution in [3.05, 3.63) is 53.7 Å². The van der Waals surface area contributed by atoms with Crippen LogP contribution in [0.25, 0.3) is 0 Å². The van der Waals surface area contributed by atoms with Gasteiger partial charge in [-0.1, -0.05) is 0 Å². The van der Waals surface area contributed by atoms with Crippen molar-refractivity contribution in [2.45, 2.75) is 13.0 Å². The van der Waals surface area contributed by atoms with Crippen molar-refractivity contribution in [1.29, 1.82) is 0 Å². The van der Waals surface area contributed by atoms with Crippen LogP contribution < -0.4 is 5.32 Å². The Morgan fingerprint density at radius 1 is 1.18 bits per heavy atom. The predicted octanol–water partition coefficient (Wildman–Crippen LogP) is 3.87. The average molecular weight is 241 g/mol. The zero-order chi connectivity index (χ0) is 12.4. The van der Waals surface area contributed by atoms with Gasteiger partial charge in [-0.05, 0) is 19.1 Å². The minimum atomic E-state index is -1.47.